The van der Waals surface area contributed by atoms with E-state index in [1.807, 2.05) is 24.3 Å². The SMILES string of the molecule is CCOC(=Cc1ccc(CC)cc1)C(=O)O. The number of carbonyl (C=O) groups is 1. The molecule has 0 atom stereocenters. The topological polar surface area (TPSA) is 46.5 Å². The van der Waals surface area contributed by atoms with Gasteiger partial charge in [0.2, 0.25) is 5.76 Å². The predicted molar refractivity (Wildman–Crippen MR) is 63.1 cm³/mol. The molecule has 0 saturated heterocycles. The lowest BCUT2D eigenvalue weighted by Gasteiger charge is -2.03. The molecule has 0 fully saturated rings. The van der Waals surface area contributed by atoms with E-state index in [1.165, 1.54) is 11.6 Å². The Labute approximate surface area is 95.4 Å². The molecule has 0 saturated carbocycles. The van der Waals surface area contributed by atoms with Gasteiger partial charge in [0.15, 0.2) is 0 Å². The van der Waals surface area contributed by atoms with Crippen molar-refractivity contribution in [2.45, 2.75) is 20.3 Å². The van der Waals surface area contributed by atoms with Gasteiger partial charge in [-0.25, -0.2) is 4.79 Å². The van der Waals surface area contributed by atoms with E-state index in [9.17, 15) is 4.79 Å². The first-order chi connectivity index (χ1) is 7.67. The van der Waals surface area contributed by atoms with Crippen LogP contribution in [0.5, 0.6) is 0 Å². The van der Waals surface area contributed by atoms with Gasteiger partial charge in [-0.05, 0) is 30.5 Å². The van der Waals surface area contributed by atoms with Crippen LogP contribution in [-0.4, -0.2) is 17.7 Å². The normalized spacial score (nSPS) is 11.2. The molecule has 16 heavy (non-hydrogen) atoms. The molecule has 86 valence electrons. The van der Waals surface area contributed by atoms with Crippen LogP contribution in [0.15, 0.2) is 30.0 Å². The average Bonchev–Trinajstić information content (AvgIpc) is 2.29. The van der Waals surface area contributed by atoms with Gasteiger partial charge in [0, 0.05) is 0 Å². The highest BCUT2D eigenvalue weighted by Crippen LogP contribution is 2.10. The van der Waals surface area contributed by atoms with Crippen LogP contribution in [0.25, 0.3) is 6.08 Å². The first-order valence-corrected chi connectivity index (χ1v) is 5.34. The molecule has 3 nitrogen and oxygen atoms in total. The molecule has 0 spiro atoms. The molecule has 0 aliphatic heterocycles. The summed E-state index contributed by atoms with van der Waals surface area (Å²) in [5.74, 6) is -1.06. The van der Waals surface area contributed by atoms with E-state index in [0.717, 1.165) is 12.0 Å². The number of hydrogen-bond acceptors (Lipinski definition) is 2. The summed E-state index contributed by atoms with van der Waals surface area (Å²) in [5, 5.41) is 8.87. The smallest absolute Gasteiger partial charge is 0.371 e. The molecule has 1 rings (SSSR count). The van der Waals surface area contributed by atoms with Crippen molar-refractivity contribution in [2.24, 2.45) is 0 Å². The highest BCUT2D eigenvalue weighted by molar-refractivity contribution is 5.89. The van der Waals surface area contributed by atoms with Crippen LogP contribution in [0.1, 0.15) is 25.0 Å². The molecule has 3 heteroatoms. The second kappa shape index (κ2) is 5.95. The van der Waals surface area contributed by atoms with Crippen molar-refractivity contribution in [1.82, 2.24) is 0 Å². The molecule has 0 aromatic heterocycles. The Balaban J connectivity index is 2.89. The van der Waals surface area contributed by atoms with Crippen LogP contribution >= 0.6 is 0 Å². The van der Waals surface area contributed by atoms with Crippen molar-refractivity contribution in [3.8, 4) is 0 Å². The Hall–Kier alpha value is -1.77. The van der Waals surface area contributed by atoms with Crippen molar-refractivity contribution in [3.05, 3.63) is 41.2 Å². The average molecular weight is 220 g/mol. The van der Waals surface area contributed by atoms with E-state index in [1.54, 1.807) is 6.92 Å². The number of aryl methyl sites for hydroxylation is 1. The van der Waals surface area contributed by atoms with E-state index in [0.29, 0.717) is 6.61 Å². The largest absolute Gasteiger partial charge is 0.487 e. The first-order valence-electron chi connectivity index (χ1n) is 5.34. The van der Waals surface area contributed by atoms with E-state index >= 15 is 0 Å². The summed E-state index contributed by atoms with van der Waals surface area (Å²) in [6.45, 7) is 4.19. The minimum Gasteiger partial charge on any atom is -0.487 e. The Morgan fingerprint density at radius 3 is 2.38 bits per heavy atom. The molecule has 0 heterocycles. The Kier molecular flexibility index (Phi) is 4.58. The van der Waals surface area contributed by atoms with Crippen molar-refractivity contribution in [2.75, 3.05) is 6.61 Å². The van der Waals surface area contributed by atoms with Gasteiger partial charge in [0.25, 0.3) is 0 Å². The molecule has 0 amide bonds. The summed E-state index contributed by atoms with van der Waals surface area (Å²) in [6, 6.07) is 7.75. The lowest BCUT2D eigenvalue weighted by molar-refractivity contribution is -0.136. The molecule has 1 aromatic rings. The van der Waals surface area contributed by atoms with Crippen molar-refractivity contribution >= 4 is 12.0 Å². The molecular formula is C13H16O3. The van der Waals surface area contributed by atoms with Crippen LogP contribution < -0.4 is 0 Å². The molecular weight excluding hydrogens is 204 g/mol. The summed E-state index contributed by atoms with van der Waals surface area (Å²) >= 11 is 0. The molecule has 0 aliphatic rings. The number of benzene rings is 1. The third-order valence-corrected chi connectivity index (χ3v) is 2.20. The van der Waals surface area contributed by atoms with Crippen LogP contribution in [0.3, 0.4) is 0 Å². The van der Waals surface area contributed by atoms with Crippen LogP contribution in [-0.2, 0) is 16.0 Å². The number of carboxylic acids is 1. The zero-order valence-electron chi connectivity index (χ0n) is 9.56. The number of ether oxygens (including phenoxy) is 1. The van der Waals surface area contributed by atoms with Crippen molar-refractivity contribution in [3.63, 3.8) is 0 Å². The molecule has 1 N–H and O–H groups in total. The lowest BCUT2D eigenvalue weighted by Crippen LogP contribution is -2.04. The summed E-state index contributed by atoms with van der Waals surface area (Å²) in [6.07, 6.45) is 2.51. The third-order valence-electron chi connectivity index (χ3n) is 2.20. The van der Waals surface area contributed by atoms with Gasteiger partial charge in [-0.15, -0.1) is 0 Å². The summed E-state index contributed by atoms with van der Waals surface area (Å²) < 4.78 is 5.03. The quantitative estimate of drug-likeness (QED) is 0.613. The highest BCUT2D eigenvalue weighted by atomic mass is 16.5. The third kappa shape index (κ3) is 3.42. The highest BCUT2D eigenvalue weighted by Gasteiger charge is 2.07. The second-order valence-electron chi connectivity index (χ2n) is 3.34. The van der Waals surface area contributed by atoms with E-state index in [-0.39, 0.29) is 5.76 Å². The molecule has 0 aliphatic carbocycles. The fourth-order valence-corrected chi connectivity index (χ4v) is 1.32. The Morgan fingerprint density at radius 2 is 1.94 bits per heavy atom. The minimum absolute atomic E-state index is 0.0215. The van der Waals surface area contributed by atoms with Gasteiger partial charge in [-0.3, -0.25) is 0 Å². The predicted octanol–water partition coefficient (Wildman–Crippen LogP) is 2.71. The molecule has 0 radical (unpaired) electrons. The Bertz CT molecular complexity index is 377. The first kappa shape index (κ1) is 12.3. The Morgan fingerprint density at radius 1 is 1.31 bits per heavy atom. The fourth-order valence-electron chi connectivity index (χ4n) is 1.32. The van der Waals surface area contributed by atoms with Gasteiger partial charge in [-0.1, -0.05) is 31.2 Å². The number of carboxylic acid groups (broad SMARTS) is 1. The maximum Gasteiger partial charge on any atom is 0.371 e. The van der Waals surface area contributed by atoms with E-state index in [2.05, 4.69) is 6.92 Å². The van der Waals surface area contributed by atoms with E-state index < -0.39 is 5.97 Å². The summed E-state index contributed by atoms with van der Waals surface area (Å²) in [4.78, 5) is 10.8. The van der Waals surface area contributed by atoms with Crippen molar-refractivity contribution < 1.29 is 14.6 Å². The number of aliphatic carboxylic acids is 1. The standard InChI is InChI=1S/C13H16O3/c1-3-10-5-7-11(8-6-10)9-12(13(14)15)16-4-2/h5-9H,3-4H2,1-2H3,(H,14,15). The van der Waals surface area contributed by atoms with E-state index in [4.69, 9.17) is 9.84 Å². The number of hydrogen-bond donors (Lipinski definition) is 1. The van der Waals surface area contributed by atoms with Gasteiger partial charge >= 0.3 is 5.97 Å². The monoisotopic (exact) mass is 220 g/mol. The second-order valence-corrected chi connectivity index (χ2v) is 3.34. The zero-order valence-corrected chi connectivity index (χ0v) is 9.56. The van der Waals surface area contributed by atoms with Gasteiger partial charge in [-0.2, -0.15) is 0 Å². The summed E-state index contributed by atoms with van der Waals surface area (Å²) in [7, 11) is 0. The van der Waals surface area contributed by atoms with Gasteiger partial charge < -0.3 is 9.84 Å². The maximum atomic E-state index is 10.8. The summed E-state index contributed by atoms with van der Waals surface area (Å²) in [5.41, 5.74) is 2.06. The molecule has 0 unspecified atom stereocenters. The fraction of sp³-hybridized carbons (Fsp3) is 0.308. The molecule has 0 bridgehead atoms. The zero-order chi connectivity index (χ0) is 12.0. The number of rotatable bonds is 5. The van der Waals surface area contributed by atoms with Gasteiger partial charge in [0.05, 0.1) is 6.61 Å². The lowest BCUT2D eigenvalue weighted by atomic mass is 10.1. The van der Waals surface area contributed by atoms with Crippen LogP contribution in [0.2, 0.25) is 0 Å². The maximum absolute atomic E-state index is 10.8. The van der Waals surface area contributed by atoms with Crippen LogP contribution in [0.4, 0.5) is 0 Å². The minimum atomic E-state index is -1.04. The molecule has 1 aromatic carbocycles. The van der Waals surface area contributed by atoms with Crippen LogP contribution in [0, 0.1) is 0 Å². The van der Waals surface area contributed by atoms with Crippen molar-refractivity contribution in [1.29, 1.82) is 0 Å². The van der Waals surface area contributed by atoms with Gasteiger partial charge in [0.1, 0.15) is 0 Å².